The molecule has 0 aliphatic carbocycles. The van der Waals surface area contributed by atoms with Crippen molar-refractivity contribution in [1.29, 1.82) is 0 Å². The number of amides is 2. The van der Waals surface area contributed by atoms with Gasteiger partial charge in [-0.2, -0.15) is 0 Å². The van der Waals surface area contributed by atoms with E-state index in [1.54, 1.807) is 41.3 Å². The predicted molar refractivity (Wildman–Crippen MR) is 95.7 cm³/mol. The van der Waals surface area contributed by atoms with Gasteiger partial charge >= 0.3 is 6.03 Å². The number of halogens is 2. The van der Waals surface area contributed by atoms with E-state index in [9.17, 15) is 9.18 Å². The Morgan fingerprint density at radius 3 is 2.88 bits per heavy atom. The molecular formula is C18H19ClFN3O2. The van der Waals surface area contributed by atoms with Crippen LogP contribution in [0.5, 0.6) is 5.75 Å². The van der Waals surface area contributed by atoms with Crippen molar-refractivity contribution >= 4 is 23.3 Å². The molecule has 1 atom stereocenters. The van der Waals surface area contributed by atoms with Crippen LogP contribution < -0.4 is 15.4 Å². The van der Waals surface area contributed by atoms with Gasteiger partial charge in [-0.3, -0.25) is 0 Å². The minimum absolute atomic E-state index is 0.149. The van der Waals surface area contributed by atoms with Gasteiger partial charge in [0.15, 0.2) is 0 Å². The van der Waals surface area contributed by atoms with Crippen molar-refractivity contribution in [3.05, 3.63) is 59.4 Å². The molecule has 3 rings (SSSR count). The number of nitrogens with zero attached hydrogens (tertiary/aromatic N) is 1. The number of benzene rings is 2. The van der Waals surface area contributed by atoms with Gasteiger partial charge in [0.1, 0.15) is 18.2 Å². The van der Waals surface area contributed by atoms with Crippen LogP contribution in [-0.4, -0.2) is 43.2 Å². The van der Waals surface area contributed by atoms with Crippen LogP contribution in [0.25, 0.3) is 0 Å². The second kappa shape index (κ2) is 8.18. The number of nitrogens with one attached hydrogen (secondary N) is 2. The fourth-order valence-corrected chi connectivity index (χ4v) is 2.78. The van der Waals surface area contributed by atoms with Crippen molar-refractivity contribution in [2.75, 3.05) is 31.6 Å². The van der Waals surface area contributed by atoms with Crippen LogP contribution in [0.2, 0.25) is 5.02 Å². The lowest BCUT2D eigenvalue weighted by Gasteiger charge is -2.36. The Labute approximate surface area is 150 Å². The average Bonchev–Trinajstić information content (AvgIpc) is 2.62. The van der Waals surface area contributed by atoms with Gasteiger partial charge < -0.3 is 20.3 Å². The number of rotatable bonds is 4. The summed E-state index contributed by atoms with van der Waals surface area (Å²) in [6, 6.07) is 12.6. The molecule has 0 aromatic heterocycles. The smallest absolute Gasteiger partial charge is 0.322 e. The topological polar surface area (TPSA) is 53.6 Å². The highest BCUT2D eigenvalue weighted by Gasteiger charge is 2.27. The number of piperazine rings is 1. The van der Waals surface area contributed by atoms with Gasteiger partial charge in [-0.15, -0.1) is 0 Å². The zero-order valence-corrected chi connectivity index (χ0v) is 14.3. The molecule has 2 aromatic rings. The van der Waals surface area contributed by atoms with Crippen LogP contribution >= 0.6 is 11.6 Å². The van der Waals surface area contributed by atoms with Gasteiger partial charge in [0.05, 0.1) is 6.04 Å². The first-order valence-electron chi connectivity index (χ1n) is 8.04. The van der Waals surface area contributed by atoms with Gasteiger partial charge in [0.25, 0.3) is 0 Å². The molecule has 2 amide bonds. The van der Waals surface area contributed by atoms with E-state index in [4.69, 9.17) is 16.3 Å². The van der Waals surface area contributed by atoms with E-state index in [0.717, 1.165) is 0 Å². The molecule has 1 unspecified atom stereocenters. The molecule has 0 radical (unpaired) electrons. The van der Waals surface area contributed by atoms with E-state index < -0.39 is 0 Å². The minimum Gasteiger partial charge on any atom is -0.491 e. The summed E-state index contributed by atoms with van der Waals surface area (Å²) in [4.78, 5) is 14.3. The molecule has 0 saturated carbocycles. The van der Waals surface area contributed by atoms with Crippen molar-refractivity contribution in [3.8, 4) is 5.75 Å². The van der Waals surface area contributed by atoms with Crippen LogP contribution in [0.4, 0.5) is 14.9 Å². The Morgan fingerprint density at radius 2 is 2.12 bits per heavy atom. The fraction of sp³-hybridized carbons (Fsp3) is 0.278. The average molecular weight is 364 g/mol. The lowest BCUT2D eigenvalue weighted by Crippen LogP contribution is -2.57. The lowest BCUT2D eigenvalue weighted by molar-refractivity contribution is 0.133. The van der Waals surface area contributed by atoms with Crippen LogP contribution in [0.1, 0.15) is 0 Å². The highest BCUT2D eigenvalue weighted by molar-refractivity contribution is 6.30. The molecule has 25 heavy (non-hydrogen) atoms. The Balaban J connectivity index is 1.61. The molecule has 1 heterocycles. The maximum atomic E-state index is 13.2. The number of ether oxygens (including phenoxy) is 1. The van der Waals surface area contributed by atoms with Gasteiger partial charge in [-0.05, 0) is 36.4 Å². The number of hydrogen-bond donors (Lipinski definition) is 2. The molecule has 1 saturated heterocycles. The molecule has 2 N–H and O–H groups in total. The lowest BCUT2D eigenvalue weighted by atomic mass is 10.2. The zero-order valence-electron chi connectivity index (χ0n) is 13.5. The second-order valence-electron chi connectivity index (χ2n) is 5.76. The summed E-state index contributed by atoms with van der Waals surface area (Å²) in [5, 5.41) is 6.72. The van der Waals surface area contributed by atoms with Gasteiger partial charge in [0, 0.05) is 36.4 Å². The Morgan fingerprint density at radius 1 is 1.32 bits per heavy atom. The molecule has 1 fully saturated rings. The first-order chi connectivity index (χ1) is 12.1. The quantitative estimate of drug-likeness (QED) is 0.875. The van der Waals surface area contributed by atoms with Crippen molar-refractivity contribution in [2.24, 2.45) is 0 Å². The summed E-state index contributed by atoms with van der Waals surface area (Å²) in [5.74, 6) is 0.0974. The third-order valence-electron chi connectivity index (χ3n) is 3.95. The van der Waals surface area contributed by atoms with Crippen LogP contribution in [0, 0.1) is 5.82 Å². The number of carbonyl (C=O) groups excluding carboxylic acids is 1. The van der Waals surface area contributed by atoms with Gasteiger partial charge in [0.2, 0.25) is 0 Å². The Hall–Kier alpha value is -2.31. The number of urea groups is 1. The molecule has 1 aliphatic heterocycles. The Kier molecular flexibility index (Phi) is 5.73. The maximum absolute atomic E-state index is 13.2. The van der Waals surface area contributed by atoms with Crippen molar-refractivity contribution in [3.63, 3.8) is 0 Å². The number of carbonyl (C=O) groups is 1. The number of hydrogen-bond acceptors (Lipinski definition) is 3. The fourth-order valence-electron chi connectivity index (χ4n) is 2.65. The van der Waals surface area contributed by atoms with Gasteiger partial charge in [-0.25, -0.2) is 9.18 Å². The molecule has 7 heteroatoms. The van der Waals surface area contributed by atoms with E-state index in [1.165, 1.54) is 12.1 Å². The van der Waals surface area contributed by atoms with E-state index in [-0.39, 0.29) is 24.5 Å². The molecule has 132 valence electrons. The summed E-state index contributed by atoms with van der Waals surface area (Å²) in [6.07, 6.45) is 0. The molecule has 5 nitrogen and oxygen atoms in total. The normalized spacial score (nSPS) is 17.2. The second-order valence-corrected chi connectivity index (χ2v) is 6.19. The molecule has 0 bridgehead atoms. The van der Waals surface area contributed by atoms with Crippen LogP contribution in [0.15, 0.2) is 48.5 Å². The predicted octanol–water partition coefficient (Wildman–Crippen LogP) is 3.36. The zero-order chi connectivity index (χ0) is 17.6. The third kappa shape index (κ3) is 4.84. The largest absolute Gasteiger partial charge is 0.491 e. The monoisotopic (exact) mass is 363 g/mol. The molecule has 0 spiro atoms. The highest BCUT2D eigenvalue weighted by atomic mass is 35.5. The van der Waals surface area contributed by atoms with Crippen molar-refractivity contribution in [1.82, 2.24) is 10.2 Å². The van der Waals surface area contributed by atoms with E-state index >= 15 is 0 Å². The van der Waals surface area contributed by atoms with Crippen molar-refractivity contribution in [2.45, 2.75) is 6.04 Å². The van der Waals surface area contributed by atoms with E-state index in [2.05, 4.69) is 10.6 Å². The summed E-state index contributed by atoms with van der Waals surface area (Å²) < 4.78 is 18.9. The summed E-state index contributed by atoms with van der Waals surface area (Å²) >= 11 is 5.86. The molecule has 2 aromatic carbocycles. The van der Waals surface area contributed by atoms with Crippen LogP contribution in [-0.2, 0) is 0 Å². The Bertz CT molecular complexity index is 727. The number of anilines is 1. The SMILES string of the molecule is O=C(Nc1ccc(Cl)cc1)N1CCNCC1COc1cccc(F)c1. The third-order valence-corrected chi connectivity index (χ3v) is 4.20. The molecular weight excluding hydrogens is 345 g/mol. The first kappa shape index (κ1) is 17.5. The molecule has 1 aliphatic rings. The van der Waals surface area contributed by atoms with E-state index in [1.807, 2.05) is 0 Å². The van der Waals surface area contributed by atoms with Gasteiger partial charge in [-0.1, -0.05) is 17.7 Å². The van der Waals surface area contributed by atoms with E-state index in [0.29, 0.717) is 36.1 Å². The summed E-state index contributed by atoms with van der Waals surface area (Å²) in [6.45, 7) is 2.18. The highest BCUT2D eigenvalue weighted by Crippen LogP contribution is 2.16. The van der Waals surface area contributed by atoms with Crippen molar-refractivity contribution < 1.29 is 13.9 Å². The maximum Gasteiger partial charge on any atom is 0.322 e. The minimum atomic E-state index is -0.350. The van der Waals surface area contributed by atoms with Crippen LogP contribution in [0.3, 0.4) is 0 Å². The standard InChI is InChI=1S/C18H19ClFN3O2/c19-13-4-6-15(7-5-13)22-18(24)23-9-8-21-11-16(23)12-25-17-3-1-2-14(20)10-17/h1-7,10,16,21H,8-9,11-12H2,(H,22,24). The first-order valence-corrected chi connectivity index (χ1v) is 8.42. The summed E-state index contributed by atoms with van der Waals surface area (Å²) in [7, 11) is 0. The summed E-state index contributed by atoms with van der Waals surface area (Å²) in [5.41, 5.74) is 0.678.